The van der Waals surface area contributed by atoms with Crippen molar-refractivity contribution in [3.8, 4) is 0 Å². The maximum absolute atomic E-state index is 6.22. The minimum absolute atomic E-state index is 0.119. The van der Waals surface area contributed by atoms with Gasteiger partial charge in [0.15, 0.2) is 0 Å². The van der Waals surface area contributed by atoms with Crippen molar-refractivity contribution in [2.45, 2.75) is 13.0 Å². The number of methoxy groups -OCH3 is 1. The number of nitrogens with zero attached hydrogens (tertiary/aromatic N) is 1. The summed E-state index contributed by atoms with van der Waals surface area (Å²) in [5, 5.41) is 4.84. The molecule has 1 rings (SSSR count). The Morgan fingerprint density at radius 2 is 1.90 bits per heavy atom. The standard InChI is InChI=1S/C14H21Cl3N2O/c1-10(18-6-7-19(2)8-9-20-3)11-4-5-12(15)14(17)13(11)16/h4-5,10,18H,6-9H2,1-3H3. The first kappa shape index (κ1) is 18.0. The molecule has 0 spiro atoms. The number of benzene rings is 1. The van der Waals surface area contributed by atoms with E-state index in [9.17, 15) is 0 Å². The highest BCUT2D eigenvalue weighted by Crippen LogP contribution is 2.35. The van der Waals surface area contributed by atoms with Crippen LogP contribution in [0.4, 0.5) is 0 Å². The van der Waals surface area contributed by atoms with Crippen LogP contribution in [0.15, 0.2) is 12.1 Å². The minimum atomic E-state index is 0.119. The monoisotopic (exact) mass is 338 g/mol. The van der Waals surface area contributed by atoms with E-state index in [0.717, 1.165) is 31.8 Å². The van der Waals surface area contributed by atoms with Crippen molar-refractivity contribution in [2.75, 3.05) is 40.4 Å². The van der Waals surface area contributed by atoms with E-state index >= 15 is 0 Å². The van der Waals surface area contributed by atoms with Gasteiger partial charge in [0, 0.05) is 32.8 Å². The Balaban J connectivity index is 2.47. The Kier molecular flexibility index (Phi) is 8.18. The summed E-state index contributed by atoms with van der Waals surface area (Å²) in [6, 6.07) is 3.80. The van der Waals surface area contributed by atoms with Gasteiger partial charge >= 0.3 is 0 Å². The van der Waals surface area contributed by atoms with Gasteiger partial charge in [-0.2, -0.15) is 0 Å². The molecule has 0 aliphatic carbocycles. The predicted octanol–water partition coefficient (Wildman–Crippen LogP) is 3.88. The predicted molar refractivity (Wildman–Crippen MR) is 87.3 cm³/mol. The number of halogens is 3. The average Bonchev–Trinajstić information content (AvgIpc) is 2.42. The fourth-order valence-corrected chi connectivity index (χ4v) is 2.52. The van der Waals surface area contributed by atoms with Gasteiger partial charge in [0.2, 0.25) is 0 Å². The third kappa shape index (κ3) is 5.40. The summed E-state index contributed by atoms with van der Waals surface area (Å²) >= 11 is 18.2. The maximum atomic E-state index is 6.22. The normalized spacial score (nSPS) is 12.9. The summed E-state index contributed by atoms with van der Waals surface area (Å²) in [6.45, 7) is 5.51. The van der Waals surface area contributed by atoms with Crippen molar-refractivity contribution in [3.63, 3.8) is 0 Å². The Morgan fingerprint density at radius 3 is 2.55 bits per heavy atom. The van der Waals surface area contributed by atoms with Gasteiger partial charge < -0.3 is 15.0 Å². The molecule has 1 aromatic carbocycles. The van der Waals surface area contributed by atoms with Gasteiger partial charge in [-0.25, -0.2) is 0 Å². The van der Waals surface area contributed by atoms with E-state index in [1.165, 1.54) is 0 Å². The van der Waals surface area contributed by atoms with Gasteiger partial charge in [-0.1, -0.05) is 40.9 Å². The molecule has 1 aromatic rings. The van der Waals surface area contributed by atoms with Gasteiger partial charge in [-0.05, 0) is 25.6 Å². The average molecular weight is 340 g/mol. The molecule has 0 radical (unpaired) electrons. The number of ether oxygens (including phenoxy) is 1. The second-order valence-corrected chi connectivity index (χ2v) is 5.90. The van der Waals surface area contributed by atoms with E-state index in [-0.39, 0.29) is 6.04 Å². The third-order valence-electron chi connectivity index (χ3n) is 3.15. The lowest BCUT2D eigenvalue weighted by Crippen LogP contribution is -2.32. The van der Waals surface area contributed by atoms with Crippen LogP contribution in [-0.4, -0.2) is 45.3 Å². The topological polar surface area (TPSA) is 24.5 Å². The van der Waals surface area contributed by atoms with E-state index in [2.05, 4.69) is 24.2 Å². The van der Waals surface area contributed by atoms with Crippen molar-refractivity contribution >= 4 is 34.8 Å². The maximum Gasteiger partial charge on any atom is 0.0781 e. The van der Waals surface area contributed by atoms with Gasteiger partial charge in [0.05, 0.1) is 21.7 Å². The molecule has 0 bridgehead atoms. The van der Waals surface area contributed by atoms with E-state index in [4.69, 9.17) is 39.5 Å². The molecule has 0 aliphatic heterocycles. The molecule has 0 heterocycles. The van der Waals surface area contributed by atoms with Crippen LogP contribution >= 0.6 is 34.8 Å². The molecule has 114 valence electrons. The molecule has 6 heteroatoms. The van der Waals surface area contributed by atoms with Crippen molar-refractivity contribution in [3.05, 3.63) is 32.8 Å². The van der Waals surface area contributed by atoms with Crippen LogP contribution in [0.25, 0.3) is 0 Å². The molecule has 3 nitrogen and oxygen atoms in total. The zero-order valence-corrected chi connectivity index (χ0v) is 14.3. The summed E-state index contributed by atoms with van der Waals surface area (Å²) in [5.41, 5.74) is 0.959. The Bertz CT molecular complexity index is 429. The smallest absolute Gasteiger partial charge is 0.0781 e. The summed E-state index contributed by atoms with van der Waals surface area (Å²) in [6.07, 6.45) is 0. The number of rotatable bonds is 8. The largest absolute Gasteiger partial charge is 0.383 e. The highest BCUT2D eigenvalue weighted by atomic mass is 35.5. The van der Waals surface area contributed by atoms with Crippen LogP contribution in [0, 0.1) is 0 Å². The first-order chi connectivity index (χ1) is 9.47. The van der Waals surface area contributed by atoms with Crippen molar-refractivity contribution in [2.24, 2.45) is 0 Å². The fourth-order valence-electron chi connectivity index (χ4n) is 1.82. The first-order valence-corrected chi connectivity index (χ1v) is 7.65. The van der Waals surface area contributed by atoms with Gasteiger partial charge in [-0.3, -0.25) is 0 Å². The molecular weight excluding hydrogens is 319 g/mol. The summed E-state index contributed by atoms with van der Waals surface area (Å²) in [4.78, 5) is 2.21. The molecule has 0 aromatic heterocycles. The lowest BCUT2D eigenvalue weighted by atomic mass is 10.1. The van der Waals surface area contributed by atoms with Crippen LogP contribution in [0.5, 0.6) is 0 Å². The second kappa shape index (κ2) is 9.08. The van der Waals surface area contributed by atoms with E-state index < -0.39 is 0 Å². The highest BCUT2D eigenvalue weighted by Gasteiger charge is 2.14. The zero-order chi connectivity index (χ0) is 15.1. The molecule has 0 saturated heterocycles. The molecule has 0 saturated carbocycles. The van der Waals surface area contributed by atoms with E-state index in [1.807, 2.05) is 6.07 Å². The van der Waals surface area contributed by atoms with Crippen molar-refractivity contribution in [1.29, 1.82) is 0 Å². The van der Waals surface area contributed by atoms with Crippen LogP contribution in [0.3, 0.4) is 0 Å². The molecule has 1 N–H and O–H groups in total. The Hall–Kier alpha value is -0.0300. The quantitative estimate of drug-likeness (QED) is 0.728. The Morgan fingerprint density at radius 1 is 1.20 bits per heavy atom. The number of likely N-dealkylation sites (N-methyl/N-ethyl adjacent to an activating group) is 1. The van der Waals surface area contributed by atoms with Crippen LogP contribution in [0.1, 0.15) is 18.5 Å². The zero-order valence-electron chi connectivity index (χ0n) is 12.0. The molecule has 1 unspecified atom stereocenters. The van der Waals surface area contributed by atoms with Gasteiger partial charge in [0.1, 0.15) is 0 Å². The number of hydrogen-bond acceptors (Lipinski definition) is 3. The van der Waals surface area contributed by atoms with Crippen LogP contribution < -0.4 is 5.32 Å². The first-order valence-electron chi connectivity index (χ1n) is 6.51. The molecule has 0 amide bonds. The summed E-state index contributed by atoms with van der Waals surface area (Å²) < 4.78 is 5.04. The number of hydrogen-bond donors (Lipinski definition) is 1. The Labute approximate surface area is 136 Å². The second-order valence-electron chi connectivity index (χ2n) is 4.74. The SMILES string of the molecule is COCCN(C)CCNC(C)c1ccc(Cl)c(Cl)c1Cl. The fraction of sp³-hybridized carbons (Fsp3) is 0.571. The lowest BCUT2D eigenvalue weighted by molar-refractivity contribution is 0.161. The lowest BCUT2D eigenvalue weighted by Gasteiger charge is -2.20. The van der Waals surface area contributed by atoms with E-state index in [0.29, 0.717) is 15.1 Å². The van der Waals surface area contributed by atoms with E-state index in [1.54, 1.807) is 13.2 Å². The van der Waals surface area contributed by atoms with Crippen LogP contribution in [-0.2, 0) is 4.74 Å². The summed E-state index contributed by atoms with van der Waals surface area (Å²) in [7, 11) is 3.78. The third-order valence-corrected chi connectivity index (χ3v) is 4.46. The van der Waals surface area contributed by atoms with Gasteiger partial charge in [0.25, 0.3) is 0 Å². The van der Waals surface area contributed by atoms with Gasteiger partial charge in [-0.15, -0.1) is 0 Å². The molecular formula is C14H21Cl3N2O. The summed E-state index contributed by atoms with van der Waals surface area (Å²) in [5.74, 6) is 0. The molecule has 0 fully saturated rings. The van der Waals surface area contributed by atoms with Crippen molar-refractivity contribution < 1.29 is 4.74 Å². The number of nitrogens with one attached hydrogen (secondary N) is 1. The van der Waals surface area contributed by atoms with Crippen molar-refractivity contribution in [1.82, 2.24) is 10.2 Å². The molecule has 1 atom stereocenters. The van der Waals surface area contributed by atoms with Crippen LogP contribution in [0.2, 0.25) is 15.1 Å². The molecule has 0 aliphatic rings. The minimum Gasteiger partial charge on any atom is -0.383 e. The molecule has 20 heavy (non-hydrogen) atoms. The highest BCUT2D eigenvalue weighted by molar-refractivity contribution is 6.48.